The van der Waals surface area contributed by atoms with Crippen LogP contribution in [0.4, 0.5) is 5.69 Å². The Kier molecular flexibility index (Phi) is 2.92. The van der Waals surface area contributed by atoms with E-state index in [1.54, 1.807) is 18.2 Å². The highest BCUT2D eigenvalue weighted by Gasteiger charge is 2.22. The van der Waals surface area contributed by atoms with Crippen molar-refractivity contribution in [2.45, 2.75) is 13.0 Å². The average molecular weight is 259 g/mol. The zero-order valence-electron chi connectivity index (χ0n) is 10.1. The maximum atomic E-state index is 12.1. The third kappa shape index (κ3) is 2.30. The molecule has 19 heavy (non-hydrogen) atoms. The minimum atomic E-state index is -0.311. The van der Waals surface area contributed by atoms with Crippen LogP contribution in [-0.2, 0) is 17.8 Å². The molecule has 1 aliphatic rings. The van der Waals surface area contributed by atoms with Crippen molar-refractivity contribution in [3.63, 3.8) is 0 Å². The topological polar surface area (TPSA) is 87.2 Å². The molecule has 6 heteroatoms. The number of H-pyrrole nitrogens is 1. The van der Waals surface area contributed by atoms with Gasteiger partial charge in [-0.05, 0) is 12.1 Å². The molecule has 1 amide bonds. The average Bonchev–Trinajstić information content (AvgIpc) is 2.82. The van der Waals surface area contributed by atoms with Crippen molar-refractivity contribution in [2.75, 3.05) is 11.9 Å². The van der Waals surface area contributed by atoms with Crippen LogP contribution in [0.25, 0.3) is 0 Å². The van der Waals surface area contributed by atoms with Gasteiger partial charge in [0.25, 0.3) is 5.91 Å². The highest BCUT2D eigenvalue weighted by molar-refractivity contribution is 6.04. The van der Waals surface area contributed by atoms with E-state index in [0.29, 0.717) is 24.6 Å². The third-order valence-electron chi connectivity index (χ3n) is 3.01. The first-order valence-electron chi connectivity index (χ1n) is 5.98. The van der Waals surface area contributed by atoms with Crippen molar-refractivity contribution in [3.05, 3.63) is 41.2 Å². The van der Waals surface area contributed by atoms with Crippen LogP contribution in [0.5, 0.6) is 5.75 Å². The van der Waals surface area contributed by atoms with E-state index in [0.717, 1.165) is 17.7 Å². The fourth-order valence-electron chi connectivity index (χ4n) is 2.07. The van der Waals surface area contributed by atoms with E-state index < -0.39 is 0 Å². The number of carbonyl (C=O) groups excluding carboxylic acids is 1. The van der Waals surface area contributed by atoms with Gasteiger partial charge in [0.2, 0.25) is 0 Å². The Morgan fingerprint density at radius 3 is 3.21 bits per heavy atom. The Hall–Kier alpha value is -2.34. The van der Waals surface area contributed by atoms with Gasteiger partial charge in [0.05, 0.1) is 13.2 Å². The summed E-state index contributed by atoms with van der Waals surface area (Å²) in [5, 5.41) is 19.0. The molecule has 3 N–H and O–H groups in total. The van der Waals surface area contributed by atoms with Crippen LogP contribution in [0, 0.1) is 0 Å². The van der Waals surface area contributed by atoms with Crippen LogP contribution in [-0.4, -0.2) is 27.8 Å². The normalized spacial score (nSPS) is 13.9. The number of ether oxygens (including phenoxy) is 1. The molecule has 2 aromatic rings. The number of aromatic nitrogens is 2. The molecule has 6 nitrogen and oxygen atoms in total. The molecule has 0 radical (unpaired) electrons. The first-order valence-corrected chi connectivity index (χ1v) is 5.98. The molecule has 0 saturated heterocycles. The Balaban J connectivity index is 1.83. The number of amides is 1. The highest BCUT2D eigenvalue weighted by Crippen LogP contribution is 2.20. The van der Waals surface area contributed by atoms with Gasteiger partial charge in [-0.2, -0.15) is 5.10 Å². The van der Waals surface area contributed by atoms with Crippen LogP contribution in [0.3, 0.4) is 0 Å². The van der Waals surface area contributed by atoms with Crippen LogP contribution in [0.1, 0.15) is 21.7 Å². The predicted octanol–water partition coefficient (Wildman–Crippen LogP) is 1.44. The van der Waals surface area contributed by atoms with Crippen LogP contribution >= 0.6 is 0 Å². The third-order valence-corrected chi connectivity index (χ3v) is 3.01. The van der Waals surface area contributed by atoms with Gasteiger partial charge < -0.3 is 15.2 Å². The number of phenols is 1. The smallest absolute Gasteiger partial charge is 0.276 e. The van der Waals surface area contributed by atoms with E-state index in [1.165, 1.54) is 6.07 Å². The summed E-state index contributed by atoms with van der Waals surface area (Å²) >= 11 is 0. The molecule has 0 spiro atoms. The standard InChI is InChI=1S/C13H13N3O3/c17-9-3-1-2-8(6-9)14-13(18)12-10-7-19-5-4-11(10)15-16-12/h1-3,6,17H,4-5,7H2,(H,14,18)(H,15,16). The molecule has 0 saturated carbocycles. The second-order valence-electron chi connectivity index (χ2n) is 4.34. The van der Waals surface area contributed by atoms with Crippen LogP contribution in [0.2, 0.25) is 0 Å². The second kappa shape index (κ2) is 4.74. The first kappa shape index (κ1) is 11.7. The Morgan fingerprint density at radius 1 is 1.47 bits per heavy atom. The molecular formula is C13H13N3O3. The van der Waals surface area contributed by atoms with Gasteiger partial charge in [0.15, 0.2) is 5.69 Å². The summed E-state index contributed by atoms with van der Waals surface area (Å²) < 4.78 is 5.33. The maximum absolute atomic E-state index is 12.1. The number of aromatic amines is 1. The van der Waals surface area contributed by atoms with E-state index in [9.17, 15) is 9.90 Å². The SMILES string of the molecule is O=C(Nc1cccc(O)c1)c1n[nH]c2c1COCC2. The summed E-state index contributed by atoms with van der Waals surface area (Å²) in [5.41, 5.74) is 2.63. The molecule has 1 aromatic heterocycles. The number of rotatable bonds is 2. The second-order valence-corrected chi connectivity index (χ2v) is 4.34. The first-order chi connectivity index (χ1) is 9.24. The zero-order valence-corrected chi connectivity index (χ0v) is 10.1. The molecule has 0 fully saturated rings. The Labute approximate surface area is 109 Å². The monoisotopic (exact) mass is 259 g/mol. The number of benzene rings is 1. The molecule has 0 aliphatic carbocycles. The molecular weight excluding hydrogens is 246 g/mol. The summed E-state index contributed by atoms with van der Waals surface area (Å²) in [4.78, 5) is 12.1. The molecule has 1 aliphatic heterocycles. The molecule has 2 heterocycles. The van der Waals surface area contributed by atoms with E-state index in [2.05, 4.69) is 15.5 Å². The maximum Gasteiger partial charge on any atom is 0.276 e. The number of hydrogen-bond donors (Lipinski definition) is 3. The van der Waals surface area contributed by atoms with Gasteiger partial charge >= 0.3 is 0 Å². The zero-order chi connectivity index (χ0) is 13.2. The van der Waals surface area contributed by atoms with E-state index in [4.69, 9.17) is 4.74 Å². The van der Waals surface area contributed by atoms with Crippen molar-refractivity contribution in [1.82, 2.24) is 10.2 Å². The molecule has 0 atom stereocenters. The number of nitrogens with one attached hydrogen (secondary N) is 2. The van der Waals surface area contributed by atoms with E-state index in [-0.39, 0.29) is 11.7 Å². The fourth-order valence-corrected chi connectivity index (χ4v) is 2.07. The van der Waals surface area contributed by atoms with Gasteiger partial charge in [-0.15, -0.1) is 0 Å². The number of hydrogen-bond acceptors (Lipinski definition) is 4. The lowest BCUT2D eigenvalue weighted by Crippen LogP contribution is -2.17. The predicted molar refractivity (Wildman–Crippen MR) is 68.0 cm³/mol. The largest absolute Gasteiger partial charge is 0.508 e. The molecule has 1 aromatic carbocycles. The number of aromatic hydroxyl groups is 1. The van der Waals surface area contributed by atoms with Crippen molar-refractivity contribution in [1.29, 1.82) is 0 Å². The lowest BCUT2D eigenvalue weighted by Gasteiger charge is -2.12. The van der Waals surface area contributed by atoms with E-state index in [1.807, 2.05) is 0 Å². The molecule has 0 bridgehead atoms. The summed E-state index contributed by atoms with van der Waals surface area (Å²) in [6.07, 6.45) is 0.738. The van der Waals surface area contributed by atoms with Gasteiger partial charge in [-0.25, -0.2) is 0 Å². The molecule has 98 valence electrons. The minimum Gasteiger partial charge on any atom is -0.508 e. The molecule has 3 rings (SSSR count). The van der Waals surface area contributed by atoms with Crippen LogP contribution in [0.15, 0.2) is 24.3 Å². The number of phenolic OH excluding ortho intramolecular Hbond substituents is 1. The summed E-state index contributed by atoms with van der Waals surface area (Å²) in [5.74, 6) is -0.209. The number of anilines is 1. The highest BCUT2D eigenvalue weighted by atomic mass is 16.5. The minimum absolute atomic E-state index is 0.102. The van der Waals surface area contributed by atoms with Crippen molar-refractivity contribution in [2.24, 2.45) is 0 Å². The lowest BCUT2D eigenvalue weighted by atomic mass is 10.1. The van der Waals surface area contributed by atoms with E-state index >= 15 is 0 Å². The van der Waals surface area contributed by atoms with Gasteiger partial charge in [0.1, 0.15) is 5.75 Å². The summed E-state index contributed by atoms with van der Waals surface area (Å²) in [7, 11) is 0. The molecule has 0 unspecified atom stereocenters. The van der Waals surface area contributed by atoms with Gasteiger partial charge in [-0.1, -0.05) is 6.07 Å². The summed E-state index contributed by atoms with van der Waals surface area (Å²) in [6.45, 7) is 1.04. The van der Waals surface area contributed by atoms with Crippen LogP contribution < -0.4 is 5.32 Å². The van der Waals surface area contributed by atoms with Crippen molar-refractivity contribution < 1.29 is 14.6 Å². The Morgan fingerprint density at radius 2 is 2.37 bits per heavy atom. The Bertz CT molecular complexity index is 621. The number of nitrogens with zero attached hydrogens (tertiary/aromatic N) is 1. The fraction of sp³-hybridized carbons (Fsp3) is 0.231. The quantitative estimate of drug-likeness (QED) is 0.761. The van der Waals surface area contributed by atoms with Crippen molar-refractivity contribution >= 4 is 11.6 Å². The number of fused-ring (bicyclic) bond motifs is 1. The number of carbonyl (C=O) groups is 1. The lowest BCUT2D eigenvalue weighted by molar-refractivity contribution is 0.0985. The van der Waals surface area contributed by atoms with Gasteiger partial charge in [0, 0.05) is 29.4 Å². The summed E-state index contributed by atoms with van der Waals surface area (Å²) in [6, 6.07) is 6.38. The van der Waals surface area contributed by atoms with Gasteiger partial charge in [-0.3, -0.25) is 9.89 Å². The van der Waals surface area contributed by atoms with Crippen molar-refractivity contribution in [3.8, 4) is 5.75 Å².